The van der Waals surface area contributed by atoms with E-state index < -0.39 is 17.7 Å². The molecule has 3 nitrogen and oxygen atoms in total. The highest BCUT2D eigenvalue weighted by Crippen LogP contribution is 2.29. The molecule has 0 aliphatic carbocycles. The zero-order valence-corrected chi connectivity index (χ0v) is 12.0. The Morgan fingerprint density at radius 2 is 2.00 bits per heavy atom. The summed E-state index contributed by atoms with van der Waals surface area (Å²) in [6.07, 6.45) is -2.52. The van der Waals surface area contributed by atoms with Gasteiger partial charge in [-0.2, -0.15) is 13.2 Å². The lowest BCUT2D eigenvalue weighted by Gasteiger charge is -2.14. The minimum atomic E-state index is -4.60. The molecule has 1 aromatic carbocycles. The number of hydrogen-bond donors (Lipinski definition) is 2. The van der Waals surface area contributed by atoms with Crippen molar-refractivity contribution in [1.82, 2.24) is 5.32 Å². The highest BCUT2D eigenvalue weighted by molar-refractivity contribution is 6.31. The zero-order valence-electron chi connectivity index (χ0n) is 11.3. The lowest BCUT2D eigenvalue weighted by molar-refractivity contribution is -0.0891. The van der Waals surface area contributed by atoms with Gasteiger partial charge >= 0.3 is 6.18 Å². The van der Waals surface area contributed by atoms with Crippen LogP contribution in [0, 0.1) is 0 Å². The number of carbonyl (C=O) groups is 1. The topological polar surface area (TPSA) is 49.3 Å². The maximum absolute atomic E-state index is 12.8. The molecule has 0 aliphatic heterocycles. The van der Waals surface area contributed by atoms with Gasteiger partial charge in [0.1, 0.15) is 5.75 Å². The molecule has 2 N–H and O–H groups in total. The number of rotatable bonds is 3. The summed E-state index contributed by atoms with van der Waals surface area (Å²) in [6.45, 7) is 2.56. The largest absolute Gasteiger partial charge is 0.507 e. The summed E-state index contributed by atoms with van der Waals surface area (Å²) in [6, 6.07) is 3.71. The standard InChI is InChI=1S/C14H13ClF3NO2/c1-3-4-11(14(16,17)18)8(2)19-13(21)10-7-9(15)5-6-12(10)20/h3-7,20H,1-2H3,(H,19,21)/b4-3-,11-8-. The van der Waals surface area contributed by atoms with Crippen LogP contribution in [-0.2, 0) is 0 Å². The Hall–Kier alpha value is -1.95. The van der Waals surface area contributed by atoms with Gasteiger partial charge in [0.25, 0.3) is 5.91 Å². The smallest absolute Gasteiger partial charge is 0.418 e. The molecule has 0 unspecified atom stereocenters. The Morgan fingerprint density at radius 1 is 1.38 bits per heavy atom. The summed E-state index contributed by atoms with van der Waals surface area (Å²) in [5, 5.41) is 11.8. The summed E-state index contributed by atoms with van der Waals surface area (Å²) < 4.78 is 38.5. The Balaban J connectivity index is 3.13. The van der Waals surface area contributed by atoms with Gasteiger partial charge in [0, 0.05) is 10.7 Å². The molecule has 0 aromatic heterocycles. The fraction of sp³-hybridized carbons (Fsp3) is 0.214. The van der Waals surface area contributed by atoms with E-state index in [1.807, 2.05) is 0 Å². The Bertz CT molecular complexity index is 607. The van der Waals surface area contributed by atoms with Crippen LogP contribution >= 0.6 is 11.6 Å². The van der Waals surface area contributed by atoms with Gasteiger partial charge in [-0.15, -0.1) is 0 Å². The monoisotopic (exact) mass is 319 g/mol. The predicted octanol–water partition coefficient (Wildman–Crippen LogP) is 4.19. The van der Waals surface area contributed by atoms with Gasteiger partial charge in [0.15, 0.2) is 0 Å². The average Bonchev–Trinajstić information content (AvgIpc) is 2.37. The van der Waals surface area contributed by atoms with Gasteiger partial charge in [-0.1, -0.05) is 23.8 Å². The Labute approximate surface area is 124 Å². The van der Waals surface area contributed by atoms with E-state index in [1.54, 1.807) is 0 Å². The van der Waals surface area contributed by atoms with Crippen LogP contribution in [0.3, 0.4) is 0 Å². The summed E-state index contributed by atoms with van der Waals surface area (Å²) >= 11 is 5.69. The maximum atomic E-state index is 12.8. The van der Waals surface area contributed by atoms with Crippen LogP contribution in [-0.4, -0.2) is 17.2 Å². The molecular weight excluding hydrogens is 307 g/mol. The third-order valence-electron chi connectivity index (χ3n) is 2.55. The first-order valence-corrected chi connectivity index (χ1v) is 6.25. The van der Waals surface area contributed by atoms with E-state index >= 15 is 0 Å². The number of allylic oxidation sites excluding steroid dienone is 4. The van der Waals surface area contributed by atoms with Crippen molar-refractivity contribution < 1.29 is 23.1 Å². The molecule has 0 atom stereocenters. The van der Waals surface area contributed by atoms with Crippen molar-refractivity contribution in [3.8, 4) is 5.75 Å². The van der Waals surface area contributed by atoms with Gasteiger partial charge in [-0.05, 0) is 32.0 Å². The number of benzene rings is 1. The lowest BCUT2D eigenvalue weighted by atomic mass is 10.1. The lowest BCUT2D eigenvalue weighted by Crippen LogP contribution is -2.26. The van der Waals surface area contributed by atoms with Crippen molar-refractivity contribution in [1.29, 1.82) is 0 Å². The molecule has 0 aliphatic rings. The summed E-state index contributed by atoms with van der Waals surface area (Å²) in [5.74, 6) is -1.25. The molecule has 0 heterocycles. The molecular formula is C14H13ClF3NO2. The minimum absolute atomic E-state index is 0.184. The van der Waals surface area contributed by atoms with Crippen LogP contribution in [0.1, 0.15) is 24.2 Å². The van der Waals surface area contributed by atoms with Crippen LogP contribution in [0.5, 0.6) is 5.75 Å². The summed E-state index contributed by atoms with van der Waals surface area (Å²) in [5.41, 5.74) is -1.55. The average molecular weight is 320 g/mol. The van der Waals surface area contributed by atoms with Gasteiger partial charge in [0.05, 0.1) is 11.1 Å². The summed E-state index contributed by atoms with van der Waals surface area (Å²) in [4.78, 5) is 11.9. The van der Waals surface area contributed by atoms with Crippen LogP contribution in [0.2, 0.25) is 5.02 Å². The minimum Gasteiger partial charge on any atom is -0.507 e. The third-order valence-corrected chi connectivity index (χ3v) is 2.78. The SMILES string of the molecule is C/C=C\C(=C(/C)NC(=O)c1cc(Cl)ccc1O)C(F)(F)F. The van der Waals surface area contributed by atoms with Crippen molar-refractivity contribution in [2.75, 3.05) is 0 Å². The highest BCUT2D eigenvalue weighted by atomic mass is 35.5. The first-order chi connectivity index (χ1) is 9.66. The molecule has 114 valence electrons. The molecule has 1 rings (SSSR count). The van der Waals surface area contributed by atoms with Gasteiger partial charge in [-0.25, -0.2) is 0 Å². The molecule has 21 heavy (non-hydrogen) atoms. The molecule has 0 radical (unpaired) electrons. The van der Waals surface area contributed by atoms with E-state index in [1.165, 1.54) is 31.2 Å². The van der Waals surface area contributed by atoms with Crippen molar-refractivity contribution in [3.05, 3.63) is 52.2 Å². The third kappa shape index (κ3) is 4.53. The molecule has 0 bridgehead atoms. The van der Waals surface area contributed by atoms with Gasteiger partial charge in [-0.3, -0.25) is 4.79 Å². The van der Waals surface area contributed by atoms with E-state index in [4.69, 9.17) is 11.6 Å². The number of phenols is 1. The van der Waals surface area contributed by atoms with Gasteiger partial charge in [0.2, 0.25) is 0 Å². The Kier molecular flexibility index (Phi) is 5.43. The number of nitrogens with one attached hydrogen (secondary N) is 1. The summed E-state index contributed by atoms with van der Waals surface area (Å²) in [7, 11) is 0. The van der Waals surface area contributed by atoms with Crippen LogP contribution in [0.4, 0.5) is 13.2 Å². The number of hydrogen-bond acceptors (Lipinski definition) is 2. The van der Waals surface area contributed by atoms with Crippen LogP contribution < -0.4 is 5.32 Å². The van der Waals surface area contributed by atoms with Crippen molar-refractivity contribution in [3.63, 3.8) is 0 Å². The molecule has 7 heteroatoms. The maximum Gasteiger partial charge on any atom is 0.418 e. The molecule has 0 spiro atoms. The normalized spacial score (nSPS) is 13.2. The van der Waals surface area contributed by atoms with E-state index in [0.717, 1.165) is 13.0 Å². The van der Waals surface area contributed by atoms with Crippen molar-refractivity contribution in [2.45, 2.75) is 20.0 Å². The molecule has 1 aromatic rings. The number of amides is 1. The quantitative estimate of drug-likeness (QED) is 0.821. The fourth-order valence-corrected chi connectivity index (χ4v) is 1.77. The van der Waals surface area contributed by atoms with E-state index in [0.29, 0.717) is 0 Å². The van der Waals surface area contributed by atoms with Crippen molar-refractivity contribution in [2.24, 2.45) is 0 Å². The molecule has 1 amide bonds. The number of carbonyl (C=O) groups excluding carboxylic acids is 1. The van der Waals surface area contributed by atoms with Crippen LogP contribution in [0.25, 0.3) is 0 Å². The van der Waals surface area contributed by atoms with E-state index in [9.17, 15) is 23.1 Å². The fourth-order valence-electron chi connectivity index (χ4n) is 1.59. The van der Waals surface area contributed by atoms with Crippen molar-refractivity contribution >= 4 is 17.5 Å². The Morgan fingerprint density at radius 3 is 2.52 bits per heavy atom. The number of halogens is 4. The molecule has 0 saturated heterocycles. The predicted molar refractivity (Wildman–Crippen MR) is 74.2 cm³/mol. The first kappa shape index (κ1) is 17.1. The number of phenolic OH excluding ortho intramolecular Hbond substituents is 1. The first-order valence-electron chi connectivity index (χ1n) is 5.87. The van der Waals surface area contributed by atoms with E-state index in [-0.39, 0.29) is 22.0 Å². The molecule has 0 fully saturated rings. The van der Waals surface area contributed by atoms with E-state index in [2.05, 4.69) is 5.32 Å². The van der Waals surface area contributed by atoms with Gasteiger partial charge < -0.3 is 10.4 Å². The second-order valence-corrected chi connectivity index (χ2v) is 4.59. The highest BCUT2D eigenvalue weighted by Gasteiger charge is 2.34. The molecule has 0 saturated carbocycles. The van der Waals surface area contributed by atoms with Crippen LogP contribution in [0.15, 0.2) is 41.6 Å². The second kappa shape index (κ2) is 6.67. The number of alkyl halides is 3. The zero-order chi connectivity index (χ0) is 16.2. The number of aromatic hydroxyl groups is 1. The second-order valence-electron chi connectivity index (χ2n) is 4.15.